The first kappa shape index (κ1) is 19.7. The Morgan fingerprint density at radius 2 is 1.88 bits per heavy atom. The number of benzene rings is 1. The molecule has 0 bridgehead atoms. The monoisotopic (exact) mass is 372 g/mol. The van der Waals surface area contributed by atoms with Crippen LogP contribution in [0.3, 0.4) is 0 Å². The van der Waals surface area contributed by atoms with E-state index in [0.29, 0.717) is 0 Å². The van der Waals surface area contributed by atoms with Crippen LogP contribution in [0, 0.1) is 5.92 Å². The van der Waals surface area contributed by atoms with Gasteiger partial charge in [-0.05, 0) is 31.9 Å². The summed E-state index contributed by atoms with van der Waals surface area (Å²) in [6, 6.07) is 4.57. The first-order chi connectivity index (χ1) is 12.2. The SMILES string of the molecule is CCN(CC(=O)Nc1ccccc1C(F)(F)F)C(=O)COC(=O)C1CC1. The maximum absolute atomic E-state index is 12.9. The smallest absolute Gasteiger partial charge is 0.418 e. The number of carbonyl (C=O) groups is 3. The molecule has 1 aliphatic rings. The zero-order chi connectivity index (χ0) is 19.3. The number of rotatable bonds is 7. The summed E-state index contributed by atoms with van der Waals surface area (Å²) >= 11 is 0. The van der Waals surface area contributed by atoms with Crippen LogP contribution in [0.2, 0.25) is 0 Å². The highest BCUT2D eigenvalue weighted by Gasteiger charge is 2.34. The van der Waals surface area contributed by atoms with E-state index in [9.17, 15) is 27.6 Å². The van der Waals surface area contributed by atoms with Crippen LogP contribution in [0.15, 0.2) is 24.3 Å². The number of hydrogen-bond donors (Lipinski definition) is 1. The molecule has 1 fully saturated rings. The van der Waals surface area contributed by atoms with Gasteiger partial charge in [-0.15, -0.1) is 0 Å². The van der Waals surface area contributed by atoms with Gasteiger partial charge in [-0.1, -0.05) is 12.1 Å². The molecule has 0 saturated heterocycles. The van der Waals surface area contributed by atoms with Gasteiger partial charge in [0.2, 0.25) is 5.91 Å². The fourth-order valence-corrected chi connectivity index (χ4v) is 2.24. The van der Waals surface area contributed by atoms with Crippen LogP contribution in [-0.4, -0.2) is 42.4 Å². The van der Waals surface area contributed by atoms with Crippen molar-refractivity contribution < 1.29 is 32.3 Å². The van der Waals surface area contributed by atoms with Crippen LogP contribution in [0.5, 0.6) is 0 Å². The maximum atomic E-state index is 12.9. The Kier molecular flexibility index (Phi) is 6.23. The maximum Gasteiger partial charge on any atom is 0.418 e. The molecular formula is C17H19F3N2O4. The van der Waals surface area contributed by atoms with E-state index in [1.165, 1.54) is 12.1 Å². The summed E-state index contributed by atoms with van der Waals surface area (Å²) < 4.78 is 43.7. The molecule has 0 radical (unpaired) electrons. The fourth-order valence-electron chi connectivity index (χ4n) is 2.24. The molecule has 1 aliphatic carbocycles. The van der Waals surface area contributed by atoms with Gasteiger partial charge in [0.1, 0.15) is 0 Å². The second-order valence-corrected chi connectivity index (χ2v) is 5.88. The molecular weight excluding hydrogens is 353 g/mol. The lowest BCUT2D eigenvalue weighted by Crippen LogP contribution is -2.40. The van der Waals surface area contributed by atoms with Crippen LogP contribution >= 0.6 is 0 Å². The molecule has 0 spiro atoms. The average molecular weight is 372 g/mol. The van der Waals surface area contributed by atoms with Crippen molar-refractivity contribution in [1.29, 1.82) is 0 Å². The normalized spacial score (nSPS) is 13.8. The summed E-state index contributed by atoms with van der Waals surface area (Å²) in [4.78, 5) is 36.6. The second-order valence-electron chi connectivity index (χ2n) is 5.88. The van der Waals surface area contributed by atoms with Crippen molar-refractivity contribution in [1.82, 2.24) is 4.90 Å². The van der Waals surface area contributed by atoms with Crippen molar-refractivity contribution >= 4 is 23.5 Å². The molecule has 1 aromatic rings. The lowest BCUT2D eigenvalue weighted by atomic mass is 10.1. The molecule has 9 heteroatoms. The molecule has 6 nitrogen and oxygen atoms in total. The minimum Gasteiger partial charge on any atom is -0.455 e. The number of likely N-dealkylation sites (N-methyl/N-ethyl adjacent to an activating group) is 1. The number of esters is 1. The van der Waals surface area contributed by atoms with Crippen LogP contribution in [0.25, 0.3) is 0 Å². The number of alkyl halides is 3. The molecule has 0 heterocycles. The van der Waals surface area contributed by atoms with Gasteiger partial charge in [-0.3, -0.25) is 14.4 Å². The third-order valence-corrected chi connectivity index (χ3v) is 3.82. The number of halogens is 3. The van der Waals surface area contributed by atoms with Crippen LogP contribution < -0.4 is 5.32 Å². The number of nitrogens with one attached hydrogen (secondary N) is 1. The van der Waals surface area contributed by atoms with Crippen LogP contribution in [0.1, 0.15) is 25.3 Å². The molecule has 1 N–H and O–H groups in total. The molecule has 0 aromatic heterocycles. The Hall–Kier alpha value is -2.58. The highest BCUT2D eigenvalue weighted by Crippen LogP contribution is 2.34. The summed E-state index contributed by atoms with van der Waals surface area (Å²) in [5.41, 5.74) is -1.35. The molecule has 26 heavy (non-hydrogen) atoms. The number of carbonyl (C=O) groups excluding carboxylic acids is 3. The predicted molar refractivity (Wildman–Crippen MR) is 86.0 cm³/mol. The highest BCUT2D eigenvalue weighted by molar-refractivity contribution is 5.95. The van der Waals surface area contributed by atoms with Gasteiger partial charge in [-0.2, -0.15) is 13.2 Å². The molecule has 1 aromatic carbocycles. The van der Waals surface area contributed by atoms with Gasteiger partial charge >= 0.3 is 12.1 Å². The van der Waals surface area contributed by atoms with E-state index in [4.69, 9.17) is 4.74 Å². The van der Waals surface area contributed by atoms with Gasteiger partial charge in [0, 0.05) is 6.54 Å². The predicted octanol–water partition coefficient (Wildman–Crippen LogP) is 2.45. The Balaban J connectivity index is 1.92. The van der Waals surface area contributed by atoms with Gasteiger partial charge in [0.25, 0.3) is 5.91 Å². The van der Waals surface area contributed by atoms with Crippen molar-refractivity contribution in [3.63, 3.8) is 0 Å². The molecule has 0 unspecified atom stereocenters. The highest BCUT2D eigenvalue weighted by atomic mass is 19.4. The third-order valence-electron chi connectivity index (χ3n) is 3.82. The number of amides is 2. The van der Waals surface area contributed by atoms with Crippen molar-refractivity contribution in [2.45, 2.75) is 25.9 Å². The molecule has 1 saturated carbocycles. The van der Waals surface area contributed by atoms with Gasteiger partial charge in [0.05, 0.1) is 23.7 Å². The van der Waals surface area contributed by atoms with Crippen molar-refractivity contribution in [3.05, 3.63) is 29.8 Å². The number of anilines is 1. The largest absolute Gasteiger partial charge is 0.455 e. The Labute approximate surface area is 148 Å². The first-order valence-corrected chi connectivity index (χ1v) is 8.12. The van der Waals surface area contributed by atoms with E-state index in [0.717, 1.165) is 29.9 Å². The van der Waals surface area contributed by atoms with Gasteiger partial charge in [-0.25, -0.2) is 0 Å². The first-order valence-electron chi connectivity index (χ1n) is 8.12. The minimum atomic E-state index is -4.61. The zero-order valence-corrected chi connectivity index (χ0v) is 14.1. The third kappa shape index (κ3) is 5.47. The number of para-hydroxylation sites is 1. The van der Waals surface area contributed by atoms with Crippen LogP contribution in [-0.2, 0) is 25.3 Å². The molecule has 0 aliphatic heterocycles. The standard InChI is InChI=1S/C17H19F3N2O4/c1-2-22(15(24)10-26-16(25)11-7-8-11)9-14(23)21-13-6-4-3-5-12(13)17(18,19)20/h3-6,11H,2,7-10H2,1H3,(H,21,23). The Morgan fingerprint density at radius 3 is 2.46 bits per heavy atom. The summed E-state index contributed by atoms with van der Waals surface area (Å²) in [5, 5.41) is 2.17. The zero-order valence-electron chi connectivity index (χ0n) is 14.1. The number of ether oxygens (including phenoxy) is 1. The summed E-state index contributed by atoms with van der Waals surface area (Å²) in [6.07, 6.45) is -3.13. The fraction of sp³-hybridized carbons (Fsp3) is 0.471. The molecule has 0 atom stereocenters. The summed E-state index contributed by atoms with van der Waals surface area (Å²) in [5.74, 6) is -1.95. The number of hydrogen-bond acceptors (Lipinski definition) is 4. The quantitative estimate of drug-likeness (QED) is 0.746. The summed E-state index contributed by atoms with van der Waals surface area (Å²) in [7, 11) is 0. The molecule has 2 rings (SSSR count). The Bertz CT molecular complexity index is 687. The minimum absolute atomic E-state index is 0.147. The second kappa shape index (κ2) is 8.20. The number of nitrogens with zero attached hydrogens (tertiary/aromatic N) is 1. The van der Waals surface area contributed by atoms with Crippen molar-refractivity contribution in [2.75, 3.05) is 25.0 Å². The molecule has 142 valence electrons. The lowest BCUT2D eigenvalue weighted by Gasteiger charge is -2.21. The van der Waals surface area contributed by atoms with E-state index in [1.54, 1.807) is 6.92 Å². The van der Waals surface area contributed by atoms with E-state index < -0.39 is 42.7 Å². The Morgan fingerprint density at radius 1 is 1.23 bits per heavy atom. The molecule has 2 amide bonds. The lowest BCUT2D eigenvalue weighted by molar-refractivity contribution is -0.153. The average Bonchev–Trinajstić information content (AvgIpc) is 3.41. The van der Waals surface area contributed by atoms with Crippen LogP contribution in [0.4, 0.5) is 18.9 Å². The van der Waals surface area contributed by atoms with E-state index in [-0.39, 0.29) is 18.2 Å². The van der Waals surface area contributed by atoms with E-state index in [2.05, 4.69) is 5.32 Å². The van der Waals surface area contributed by atoms with Crippen molar-refractivity contribution in [2.24, 2.45) is 5.92 Å². The van der Waals surface area contributed by atoms with E-state index in [1.807, 2.05) is 0 Å². The summed E-state index contributed by atoms with van der Waals surface area (Å²) in [6.45, 7) is 0.823. The topological polar surface area (TPSA) is 75.7 Å². The van der Waals surface area contributed by atoms with Gasteiger partial charge in [0.15, 0.2) is 6.61 Å². The van der Waals surface area contributed by atoms with Crippen molar-refractivity contribution in [3.8, 4) is 0 Å². The van der Waals surface area contributed by atoms with E-state index >= 15 is 0 Å². The van der Waals surface area contributed by atoms with Gasteiger partial charge < -0.3 is 15.0 Å².